The maximum Gasteiger partial charge on any atom is 0.274 e. The highest BCUT2D eigenvalue weighted by Gasteiger charge is 2.23. The van der Waals surface area contributed by atoms with Gasteiger partial charge in [-0.05, 0) is 17.5 Å². The number of hydrogen-bond donors (Lipinski definition) is 1. The van der Waals surface area contributed by atoms with Gasteiger partial charge in [-0.15, -0.1) is 11.3 Å². The first-order chi connectivity index (χ1) is 12.5. The van der Waals surface area contributed by atoms with Crippen LogP contribution < -0.4 is 10.9 Å². The predicted molar refractivity (Wildman–Crippen MR) is 98.5 cm³/mol. The van der Waals surface area contributed by atoms with E-state index < -0.39 is 0 Å². The summed E-state index contributed by atoms with van der Waals surface area (Å²) in [6.45, 7) is 4.01. The van der Waals surface area contributed by atoms with E-state index in [4.69, 9.17) is 0 Å². The molecule has 0 unspecified atom stereocenters. The lowest BCUT2D eigenvalue weighted by Gasteiger charge is -2.34. The summed E-state index contributed by atoms with van der Waals surface area (Å²) in [5, 5.41) is 8.80. The Morgan fingerprint density at radius 1 is 1.19 bits per heavy atom. The molecule has 0 aliphatic carbocycles. The first-order valence-corrected chi connectivity index (χ1v) is 9.30. The number of piperazine rings is 1. The van der Waals surface area contributed by atoms with Crippen LogP contribution in [-0.4, -0.2) is 70.7 Å². The number of amides is 2. The van der Waals surface area contributed by atoms with Crippen molar-refractivity contribution < 1.29 is 9.59 Å². The second-order valence-electron chi connectivity index (χ2n) is 6.05. The van der Waals surface area contributed by atoms with Crippen LogP contribution in [0.5, 0.6) is 0 Å². The average Bonchev–Trinajstić information content (AvgIpc) is 3.19. The number of nitrogens with one attached hydrogen (secondary N) is 1. The van der Waals surface area contributed by atoms with Crippen LogP contribution in [0.3, 0.4) is 0 Å². The van der Waals surface area contributed by atoms with Crippen molar-refractivity contribution in [2.45, 2.75) is 0 Å². The topological polar surface area (TPSA) is 87.5 Å². The Kier molecular flexibility index (Phi) is 5.79. The maximum atomic E-state index is 12.5. The van der Waals surface area contributed by atoms with Crippen LogP contribution in [-0.2, 0) is 7.05 Å². The number of carbonyl (C=O) groups excluding carboxylic acids is 2. The molecule has 9 heteroatoms. The molecule has 2 amide bonds. The van der Waals surface area contributed by atoms with Gasteiger partial charge in [-0.2, -0.15) is 5.10 Å². The normalized spacial score (nSPS) is 15.0. The molecule has 2 aromatic heterocycles. The quantitative estimate of drug-likeness (QED) is 0.797. The lowest BCUT2D eigenvalue weighted by atomic mass is 10.2. The summed E-state index contributed by atoms with van der Waals surface area (Å²) in [5.74, 6) is -0.208. The van der Waals surface area contributed by atoms with Gasteiger partial charge in [0.25, 0.3) is 17.4 Å². The predicted octanol–water partition coefficient (Wildman–Crippen LogP) is 0.0296. The van der Waals surface area contributed by atoms with Gasteiger partial charge in [0.2, 0.25) is 0 Å². The number of thiophene rings is 1. The lowest BCUT2D eigenvalue weighted by Crippen LogP contribution is -2.50. The van der Waals surface area contributed by atoms with E-state index in [2.05, 4.69) is 15.3 Å². The smallest absolute Gasteiger partial charge is 0.274 e. The van der Waals surface area contributed by atoms with Crippen molar-refractivity contribution >= 4 is 23.2 Å². The van der Waals surface area contributed by atoms with Crippen molar-refractivity contribution in [3.8, 4) is 0 Å². The molecule has 8 nitrogen and oxygen atoms in total. The number of aromatic nitrogens is 2. The van der Waals surface area contributed by atoms with Crippen LogP contribution in [0.25, 0.3) is 0 Å². The van der Waals surface area contributed by atoms with E-state index in [0.717, 1.165) is 19.6 Å². The van der Waals surface area contributed by atoms with Crippen LogP contribution in [0, 0.1) is 0 Å². The molecular weight excluding hydrogens is 354 g/mol. The third kappa shape index (κ3) is 4.36. The molecule has 0 bridgehead atoms. The third-order valence-electron chi connectivity index (χ3n) is 4.30. The molecule has 0 aromatic carbocycles. The molecule has 2 aromatic rings. The standard InChI is InChI=1S/C17H21N5O3S/c1-20-15(23)5-4-13(19-20)17(25)22-10-8-21(9-11-22)7-6-18-16(24)14-3-2-12-26-14/h2-5,12H,6-11H2,1H3,(H,18,24). The third-order valence-corrected chi connectivity index (χ3v) is 5.17. The Labute approximate surface area is 155 Å². The van der Waals surface area contributed by atoms with Crippen molar-refractivity contribution in [2.75, 3.05) is 39.3 Å². The summed E-state index contributed by atoms with van der Waals surface area (Å²) < 4.78 is 1.17. The second-order valence-corrected chi connectivity index (χ2v) is 7.00. The van der Waals surface area contributed by atoms with E-state index in [0.29, 0.717) is 24.5 Å². The fourth-order valence-electron chi connectivity index (χ4n) is 2.78. The van der Waals surface area contributed by atoms with Gasteiger partial charge < -0.3 is 10.2 Å². The monoisotopic (exact) mass is 375 g/mol. The molecule has 0 spiro atoms. The van der Waals surface area contributed by atoms with Gasteiger partial charge in [-0.25, -0.2) is 4.68 Å². The van der Waals surface area contributed by atoms with Crippen LogP contribution in [0.15, 0.2) is 34.4 Å². The van der Waals surface area contributed by atoms with Gasteiger partial charge in [0.05, 0.1) is 4.88 Å². The molecule has 138 valence electrons. The molecule has 3 heterocycles. The first-order valence-electron chi connectivity index (χ1n) is 8.42. The lowest BCUT2D eigenvalue weighted by molar-refractivity contribution is 0.0630. The fourth-order valence-corrected chi connectivity index (χ4v) is 3.42. The molecule has 26 heavy (non-hydrogen) atoms. The summed E-state index contributed by atoms with van der Waals surface area (Å²) >= 11 is 1.42. The van der Waals surface area contributed by atoms with E-state index in [1.54, 1.807) is 11.0 Å². The molecular formula is C17H21N5O3S. The van der Waals surface area contributed by atoms with Gasteiger partial charge in [-0.1, -0.05) is 6.07 Å². The first kappa shape index (κ1) is 18.3. The molecule has 1 aliphatic rings. The molecule has 1 aliphatic heterocycles. The number of aryl methyl sites for hydroxylation is 1. The Bertz CT molecular complexity index is 825. The van der Waals surface area contributed by atoms with Crippen molar-refractivity contribution in [2.24, 2.45) is 7.05 Å². The zero-order valence-corrected chi connectivity index (χ0v) is 15.4. The van der Waals surface area contributed by atoms with Gasteiger partial charge in [0.15, 0.2) is 0 Å². The number of nitrogens with zero attached hydrogens (tertiary/aromatic N) is 4. The minimum Gasteiger partial charge on any atom is -0.350 e. The van der Waals surface area contributed by atoms with E-state index in [1.807, 2.05) is 11.4 Å². The van der Waals surface area contributed by atoms with Crippen molar-refractivity contribution in [1.29, 1.82) is 0 Å². The van der Waals surface area contributed by atoms with Crippen LogP contribution in [0.1, 0.15) is 20.2 Å². The summed E-state index contributed by atoms with van der Waals surface area (Å²) in [6, 6.07) is 6.48. The summed E-state index contributed by atoms with van der Waals surface area (Å²) in [7, 11) is 1.53. The van der Waals surface area contributed by atoms with E-state index >= 15 is 0 Å². The second kappa shape index (κ2) is 8.24. The van der Waals surface area contributed by atoms with Gasteiger partial charge in [-0.3, -0.25) is 19.3 Å². The van der Waals surface area contributed by atoms with Crippen LogP contribution in [0.2, 0.25) is 0 Å². The summed E-state index contributed by atoms with van der Waals surface area (Å²) in [4.78, 5) is 40.4. The van der Waals surface area contributed by atoms with E-state index in [9.17, 15) is 14.4 Å². The number of hydrogen-bond acceptors (Lipinski definition) is 6. The van der Waals surface area contributed by atoms with Crippen LogP contribution >= 0.6 is 11.3 Å². The Morgan fingerprint density at radius 3 is 2.62 bits per heavy atom. The number of carbonyl (C=O) groups is 2. The highest BCUT2D eigenvalue weighted by atomic mass is 32.1. The molecule has 1 fully saturated rings. The van der Waals surface area contributed by atoms with Crippen molar-refractivity contribution in [1.82, 2.24) is 24.9 Å². The van der Waals surface area contributed by atoms with Gasteiger partial charge >= 0.3 is 0 Å². The largest absolute Gasteiger partial charge is 0.350 e. The van der Waals surface area contributed by atoms with Crippen molar-refractivity contribution in [3.05, 3.63) is 50.6 Å². The minimum absolute atomic E-state index is 0.0467. The molecule has 0 atom stereocenters. The molecule has 1 N–H and O–H groups in total. The summed E-state index contributed by atoms with van der Waals surface area (Å²) in [5.41, 5.74) is 0.0414. The van der Waals surface area contributed by atoms with Gasteiger partial charge in [0.1, 0.15) is 5.69 Å². The highest BCUT2D eigenvalue weighted by molar-refractivity contribution is 7.12. The Morgan fingerprint density at radius 2 is 1.96 bits per heavy atom. The number of rotatable bonds is 5. The SMILES string of the molecule is Cn1nc(C(=O)N2CCN(CCNC(=O)c3cccs3)CC2)ccc1=O. The molecule has 3 rings (SSSR count). The maximum absolute atomic E-state index is 12.5. The van der Waals surface area contributed by atoms with Crippen LogP contribution in [0.4, 0.5) is 0 Å². The highest BCUT2D eigenvalue weighted by Crippen LogP contribution is 2.08. The fraction of sp³-hybridized carbons (Fsp3) is 0.412. The minimum atomic E-state index is -0.240. The van der Waals surface area contributed by atoms with E-state index in [-0.39, 0.29) is 23.1 Å². The average molecular weight is 375 g/mol. The summed E-state index contributed by atoms with van der Waals surface area (Å²) in [6.07, 6.45) is 0. The Hall–Kier alpha value is -2.52. The van der Waals surface area contributed by atoms with Crippen molar-refractivity contribution in [3.63, 3.8) is 0 Å². The zero-order chi connectivity index (χ0) is 18.5. The Balaban J connectivity index is 1.43. The molecule has 0 saturated carbocycles. The molecule has 1 saturated heterocycles. The zero-order valence-electron chi connectivity index (χ0n) is 14.6. The molecule has 0 radical (unpaired) electrons. The van der Waals surface area contributed by atoms with E-state index in [1.165, 1.54) is 35.2 Å². The van der Waals surface area contributed by atoms with Gasteiger partial charge in [0, 0.05) is 52.4 Å².